The normalized spacial score (nSPS) is 10.3. The molecule has 2 aromatic rings. The SMILES string of the molecule is Cn1cc(Cl)cc1C(=O)NCc1ccc(C(=O)O)nc1. The van der Waals surface area contributed by atoms with Crippen LogP contribution in [0.3, 0.4) is 0 Å². The van der Waals surface area contributed by atoms with Crippen LogP contribution >= 0.6 is 11.6 Å². The minimum absolute atomic E-state index is 0.0331. The van der Waals surface area contributed by atoms with Crippen LogP contribution in [0.1, 0.15) is 26.5 Å². The Labute approximate surface area is 120 Å². The van der Waals surface area contributed by atoms with E-state index in [1.54, 1.807) is 29.9 Å². The summed E-state index contributed by atoms with van der Waals surface area (Å²) in [6.45, 7) is 0.258. The van der Waals surface area contributed by atoms with E-state index in [2.05, 4.69) is 10.3 Å². The van der Waals surface area contributed by atoms with E-state index < -0.39 is 5.97 Å². The van der Waals surface area contributed by atoms with Crippen molar-refractivity contribution in [3.05, 3.63) is 52.6 Å². The fourth-order valence-electron chi connectivity index (χ4n) is 1.68. The molecule has 0 unspecified atom stereocenters. The topological polar surface area (TPSA) is 84.2 Å². The average Bonchev–Trinajstić information content (AvgIpc) is 2.75. The quantitative estimate of drug-likeness (QED) is 0.898. The van der Waals surface area contributed by atoms with Crippen LogP contribution in [0.25, 0.3) is 0 Å². The first-order valence-corrected chi connectivity index (χ1v) is 6.13. The minimum atomic E-state index is -1.08. The molecule has 104 valence electrons. The van der Waals surface area contributed by atoms with Crippen LogP contribution in [0.15, 0.2) is 30.6 Å². The van der Waals surface area contributed by atoms with E-state index >= 15 is 0 Å². The second-order valence-corrected chi connectivity index (χ2v) is 4.63. The third-order valence-electron chi connectivity index (χ3n) is 2.70. The number of carboxylic acids is 1. The molecular weight excluding hydrogens is 282 g/mol. The molecule has 2 N–H and O–H groups in total. The molecule has 0 atom stereocenters. The van der Waals surface area contributed by atoms with Crippen LogP contribution in [0.4, 0.5) is 0 Å². The average molecular weight is 294 g/mol. The smallest absolute Gasteiger partial charge is 0.354 e. The van der Waals surface area contributed by atoms with E-state index in [1.165, 1.54) is 12.3 Å². The zero-order valence-corrected chi connectivity index (χ0v) is 11.4. The molecule has 0 bridgehead atoms. The van der Waals surface area contributed by atoms with Gasteiger partial charge in [0.2, 0.25) is 0 Å². The molecule has 1 amide bonds. The predicted molar refractivity (Wildman–Crippen MR) is 72.8 cm³/mol. The van der Waals surface area contributed by atoms with Gasteiger partial charge in [0.15, 0.2) is 0 Å². The molecule has 0 aliphatic rings. The van der Waals surface area contributed by atoms with E-state index in [0.29, 0.717) is 16.3 Å². The lowest BCUT2D eigenvalue weighted by Gasteiger charge is -2.06. The Morgan fingerprint density at radius 2 is 2.20 bits per heavy atom. The fourth-order valence-corrected chi connectivity index (χ4v) is 1.93. The third-order valence-corrected chi connectivity index (χ3v) is 2.91. The van der Waals surface area contributed by atoms with E-state index in [0.717, 1.165) is 0 Å². The highest BCUT2D eigenvalue weighted by Gasteiger charge is 2.11. The first kappa shape index (κ1) is 14.1. The fraction of sp³-hybridized carbons (Fsp3) is 0.154. The Morgan fingerprint density at radius 3 is 2.70 bits per heavy atom. The van der Waals surface area contributed by atoms with Gasteiger partial charge in [0, 0.05) is 26.0 Å². The summed E-state index contributed by atoms with van der Waals surface area (Å²) in [5.74, 6) is -1.35. The van der Waals surface area contributed by atoms with Gasteiger partial charge in [-0.1, -0.05) is 17.7 Å². The van der Waals surface area contributed by atoms with Gasteiger partial charge < -0.3 is 15.0 Å². The number of nitrogens with zero attached hydrogens (tertiary/aromatic N) is 2. The molecule has 0 aromatic carbocycles. The van der Waals surface area contributed by atoms with Gasteiger partial charge in [0.25, 0.3) is 5.91 Å². The molecule has 0 saturated heterocycles. The van der Waals surface area contributed by atoms with Gasteiger partial charge in [0.1, 0.15) is 11.4 Å². The second-order valence-electron chi connectivity index (χ2n) is 4.19. The van der Waals surface area contributed by atoms with E-state index in [1.807, 2.05) is 0 Å². The van der Waals surface area contributed by atoms with Crippen LogP contribution in [0.5, 0.6) is 0 Å². The largest absolute Gasteiger partial charge is 0.477 e. The Kier molecular flexibility index (Phi) is 4.05. The van der Waals surface area contributed by atoms with Crippen LogP contribution in [0.2, 0.25) is 5.02 Å². The van der Waals surface area contributed by atoms with Crippen molar-refractivity contribution < 1.29 is 14.7 Å². The lowest BCUT2D eigenvalue weighted by molar-refractivity contribution is 0.0690. The standard InChI is InChI=1S/C13H12ClN3O3/c1-17-7-9(14)4-11(17)12(18)16-6-8-2-3-10(13(19)20)15-5-8/h2-5,7H,6H2,1H3,(H,16,18)(H,19,20). The molecule has 0 radical (unpaired) electrons. The van der Waals surface area contributed by atoms with Crippen LogP contribution < -0.4 is 5.32 Å². The highest BCUT2D eigenvalue weighted by Crippen LogP contribution is 2.12. The van der Waals surface area contributed by atoms with Crippen molar-refractivity contribution in [1.29, 1.82) is 0 Å². The number of carboxylic acid groups (broad SMARTS) is 1. The lowest BCUT2D eigenvalue weighted by atomic mass is 10.2. The molecule has 0 aliphatic carbocycles. The van der Waals surface area contributed by atoms with E-state index in [9.17, 15) is 9.59 Å². The number of rotatable bonds is 4. The number of halogens is 1. The molecule has 2 aromatic heterocycles. The summed E-state index contributed by atoms with van der Waals surface area (Å²) < 4.78 is 1.63. The molecule has 20 heavy (non-hydrogen) atoms. The zero-order valence-electron chi connectivity index (χ0n) is 10.6. The first-order valence-electron chi connectivity index (χ1n) is 5.75. The molecular formula is C13H12ClN3O3. The van der Waals surface area contributed by atoms with E-state index in [4.69, 9.17) is 16.7 Å². The molecule has 0 spiro atoms. The highest BCUT2D eigenvalue weighted by atomic mass is 35.5. The Bertz CT molecular complexity index is 649. The number of carbonyl (C=O) groups is 2. The number of aromatic nitrogens is 2. The Balaban J connectivity index is 2.00. The summed E-state index contributed by atoms with van der Waals surface area (Å²) in [7, 11) is 1.73. The molecule has 0 saturated carbocycles. The zero-order chi connectivity index (χ0) is 14.7. The van der Waals surface area contributed by atoms with Crippen LogP contribution in [0, 0.1) is 0 Å². The molecule has 2 heterocycles. The highest BCUT2D eigenvalue weighted by molar-refractivity contribution is 6.31. The summed E-state index contributed by atoms with van der Waals surface area (Å²) in [6.07, 6.45) is 3.06. The Morgan fingerprint density at radius 1 is 1.45 bits per heavy atom. The number of nitrogens with one attached hydrogen (secondary N) is 1. The Hall–Kier alpha value is -2.34. The summed E-state index contributed by atoms with van der Waals surface area (Å²) in [4.78, 5) is 26.4. The number of aryl methyl sites for hydroxylation is 1. The van der Waals surface area contributed by atoms with E-state index in [-0.39, 0.29) is 18.1 Å². The van der Waals surface area contributed by atoms with Gasteiger partial charge in [-0.15, -0.1) is 0 Å². The number of hydrogen-bond donors (Lipinski definition) is 2. The van der Waals surface area contributed by atoms with Crippen LogP contribution in [-0.4, -0.2) is 26.5 Å². The van der Waals surface area contributed by atoms with Crippen molar-refractivity contribution in [3.8, 4) is 0 Å². The number of amides is 1. The summed E-state index contributed by atoms with van der Waals surface area (Å²) in [5.41, 5.74) is 1.13. The van der Waals surface area contributed by atoms with Gasteiger partial charge >= 0.3 is 5.97 Å². The van der Waals surface area contributed by atoms with Crippen molar-refractivity contribution in [2.75, 3.05) is 0 Å². The maximum atomic E-state index is 11.9. The number of pyridine rings is 1. The monoisotopic (exact) mass is 293 g/mol. The van der Waals surface area contributed by atoms with Crippen molar-refractivity contribution >= 4 is 23.5 Å². The van der Waals surface area contributed by atoms with Gasteiger partial charge in [-0.2, -0.15) is 0 Å². The summed E-state index contributed by atoms with van der Waals surface area (Å²) in [5, 5.41) is 11.9. The summed E-state index contributed by atoms with van der Waals surface area (Å²) in [6, 6.07) is 4.57. The number of hydrogen-bond acceptors (Lipinski definition) is 3. The number of aromatic carboxylic acids is 1. The molecule has 6 nitrogen and oxygen atoms in total. The van der Waals surface area contributed by atoms with Gasteiger partial charge in [-0.05, 0) is 17.7 Å². The summed E-state index contributed by atoms with van der Waals surface area (Å²) >= 11 is 5.81. The third kappa shape index (κ3) is 3.16. The van der Waals surface area contributed by atoms with Crippen LogP contribution in [-0.2, 0) is 13.6 Å². The lowest BCUT2D eigenvalue weighted by Crippen LogP contribution is -2.24. The molecule has 0 aliphatic heterocycles. The van der Waals surface area contributed by atoms with Crippen molar-refractivity contribution in [2.45, 2.75) is 6.54 Å². The van der Waals surface area contributed by atoms with Gasteiger partial charge in [0.05, 0.1) is 5.02 Å². The maximum absolute atomic E-state index is 11.9. The minimum Gasteiger partial charge on any atom is -0.477 e. The number of carbonyl (C=O) groups excluding carboxylic acids is 1. The predicted octanol–water partition coefficient (Wildman–Crippen LogP) is 1.70. The van der Waals surface area contributed by atoms with Crippen molar-refractivity contribution in [3.63, 3.8) is 0 Å². The first-order chi connectivity index (χ1) is 9.47. The molecule has 2 rings (SSSR count). The molecule has 0 fully saturated rings. The van der Waals surface area contributed by atoms with Crippen molar-refractivity contribution in [1.82, 2.24) is 14.9 Å². The second kappa shape index (κ2) is 5.75. The van der Waals surface area contributed by atoms with Crippen molar-refractivity contribution in [2.24, 2.45) is 7.05 Å². The maximum Gasteiger partial charge on any atom is 0.354 e. The van der Waals surface area contributed by atoms with Gasteiger partial charge in [-0.25, -0.2) is 9.78 Å². The van der Waals surface area contributed by atoms with Gasteiger partial charge in [-0.3, -0.25) is 4.79 Å². The molecule has 7 heteroatoms.